The summed E-state index contributed by atoms with van der Waals surface area (Å²) in [6, 6.07) is 4.03. The predicted octanol–water partition coefficient (Wildman–Crippen LogP) is 0.892. The van der Waals surface area contributed by atoms with Crippen LogP contribution in [0.1, 0.15) is 0 Å². The van der Waals surface area contributed by atoms with E-state index in [2.05, 4.69) is 32.4 Å². The second kappa shape index (κ2) is 4.78. The second-order valence-electron chi connectivity index (χ2n) is 4.54. The molecule has 0 aromatic carbocycles. The molecule has 0 atom stereocenters. The first-order valence-electron chi connectivity index (χ1n) is 6.24. The Kier molecular flexibility index (Phi) is 2.98. The van der Waals surface area contributed by atoms with E-state index in [1.165, 1.54) is 0 Å². The number of aromatic nitrogens is 3. The highest BCUT2D eigenvalue weighted by Gasteiger charge is 2.13. The van der Waals surface area contributed by atoms with Crippen molar-refractivity contribution >= 4 is 5.95 Å². The van der Waals surface area contributed by atoms with Gasteiger partial charge >= 0.3 is 0 Å². The summed E-state index contributed by atoms with van der Waals surface area (Å²) in [6.07, 6.45) is 5.94. The number of nitrogens with one attached hydrogen (secondary N) is 1. The molecule has 3 heterocycles. The maximum Gasteiger partial charge on any atom is 0.225 e. The van der Waals surface area contributed by atoms with Gasteiger partial charge in [0.15, 0.2) is 0 Å². The van der Waals surface area contributed by atoms with Gasteiger partial charge in [0.1, 0.15) is 0 Å². The average Bonchev–Trinajstić information content (AvgIpc) is 2.87. The fourth-order valence-corrected chi connectivity index (χ4v) is 2.18. The molecule has 2 aromatic heterocycles. The highest BCUT2D eigenvalue weighted by Crippen LogP contribution is 2.19. The van der Waals surface area contributed by atoms with Crippen LogP contribution >= 0.6 is 0 Å². The minimum atomic E-state index is 0.831. The number of rotatable bonds is 2. The van der Waals surface area contributed by atoms with Crippen LogP contribution in [0, 0.1) is 0 Å². The van der Waals surface area contributed by atoms with E-state index in [1.54, 1.807) is 0 Å². The van der Waals surface area contributed by atoms with Crippen molar-refractivity contribution in [1.82, 2.24) is 19.9 Å². The van der Waals surface area contributed by atoms with Gasteiger partial charge in [-0.2, -0.15) is 0 Å². The van der Waals surface area contributed by atoms with E-state index in [-0.39, 0.29) is 0 Å². The summed E-state index contributed by atoms with van der Waals surface area (Å²) in [6.45, 7) is 3.94. The molecule has 0 radical (unpaired) electrons. The Bertz CT molecular complexity index is 528. The first kappa shape index (κ1) is 11.2. The Morgan fingerprint density at radius 1 is 1.22 bits per heavy atom. The molecule has 0 unspecified atom stereocenters. The Morgan fingerprint density at radius 2 is 2.06 bits per heavy atom. The van der Waals surface area contributed by atoms with Gasteiger partial charge in [-0.1, -0.05) is 0 Å². The van der Waals surface area contributed by atoms with Gasteiger partial charge in [0, 0.05) is 57.4 Å². The molecular formula is C13H17N5. The lowest BCUT2D eigenvalue weighted by Crippen LogP contribution is -2.44. The van der Waals surface area contributed by atoms with E-state index in [0.717, 1.165) is 43.4 Å². The van der Waals surface area contributed by atoms with Gasteiger partial charge in [-0.25, -0.2) is 9.97 Å². The molecular weight excluding hydrogens is 226 g/mol. The second-order valence-corrected chi connectivity index (χ2v) is 4.54. The molecule has 0 aliphatic carbocycles. The minimum Gasteiger partial charge on any atom is -0.357 e. The molecule has 2 aromatic rings. The summed E-state index contributed by atoms with van der Waals surface area (Å²) in [4.78, 5) is 11.3. The molecule has 1 saturated heterocycles. The quantitative estimate of drug-likeness (QED) is 0.851. The number of aryl methyl sites for hydroxylation is 1. The maximum absolute atomic E-state index is 4.65. The molecule has 5 nitrogen and oxygen atoms in total. The fourth-order valence-electron chi connectivity index (χ4n) is 2.18. The van der Waals surface area contributed by atoms with Crippen molar-refractivity contribution in [1.29, 1.82) is 0 Å². The molecule has 0 saturated carbocycles. The number of anilines is 1. The molecule has 1 aliphatic heterocycles. The lowest BCUT2D eigenvalue weighted by molar-refractivity contribution is 0.580. The summed E-state index contributed by atoms with van der Waals surface area (Å²) in [5.41, 5.74) is 2.12. The monoisotopic (exact) mass is 243 g/mol. The van der Waals surface area contributed by atoms with E-state index >= 15 is 0 Å². The molecule has 5 heteroatoms. The van der Waals surface area contributed by atoms with E-state index in [1.807, 2.05) is 30.1 Å². The van der Waals surface area contributed by atoms with Crippen LogP contribution in [-0.2, 0) is 7.05 Å². The van der Waals surface area contributed by atoms with Gasteiger partial charge in [0.25, 0.3) is 0 Å². The number of piperazine rings is 1. The van der Waals surface area contributed by atoms with Crippen molar-refractivity contribution in [3.05, 3.63) is 30.7 Å². The van der Waals surface area contributed by atoms with E-state index in [0.29, 0.717) is 0 Å². The minimum absolute atomic E-state index is 0.831. The summed E-state index contributed by atoms with van der Waals surface area (Å²) >= 11 is 0. The van der Waals surface area contributed by atoms with Crippen LogP contribution in [0.3, 0.4) is 0 Å². The van der Waals surface area contributed by atoms with Gasteiger partial charge in [-0.3, -0.25) is 0 Å². The Labute approximate surface area is 106 Å². The molecule has 1 fully saturated rings. The van der Waals surface area contributed by atoms with Crippen molar-refractivity contribution in [2.45, 2.75) is 0 Å². The van der Waals surface area contributed by atoms with Crippen LogP contribution in [0.4, 0.5) is 5.95 Å². The normalized spacial score (nSPS) is 15.9. The smallest absolute Gasteiger partial charge is 0.225 e. The number of hydrogen-bond donors (Lipinski definition) is 1. The summed E-state index contributed by atoms with van der Waals surface area (Å²) in [7, 11) is 2.02. The van der Waals surface area contributed by atoms with Crippen LogP contribution in [0.15, 0.2) is 30.7 Å². The van der Waals surface area contributed by atoms with Crippen LogP contribution in [-0.4, -0.2) is 40.7 Å². The molecule has 94 valence electrons. The largest absolute Gasteiger partial charge is 0.357 e. The SMILES string of the molecule is Cn1ccc(-c2ccnc(N3CCNCC3)n2)c1. The van der Waals surface area contributed by atoms with Crippen molar-refractivity contribution in [3.8, 4) is 11.3 Å². The molecule has 1 aliphatic rings. The first-order valence-corrected chi connectivity index (χ1v) is 6.24. The Morgan fingerprint density at radius 3 is 2.78 bits per heavy atom. The van der Waals surface area contributed by atoms with Crippen LogP contribution < -0.4 is 10.2 Å². The van der Waals surface area contributed by atoms with Gasteiger partial charge in [-0.15, -0.1) is 0 Å². The average molecular weight is 243 g/mol. The highest BCUT2D eigenvalue weighted by molar-refractivity contribution is 5.59. The zero-order valence-corrected chi connectivity index (χ0v) is 10.5. The third kappa shape index (κ3) is 2.22. The van der Waals surface area contributed by atoms with Crippen LogP contribution in [0.25, 0.3) is 11.3 Å². The van der Waals surface area contributed by atoms with E-state index in [9.17, 15) is 0 Å². The summed E-state index contributed by atoms with van der Waals surface area (Å²) in [5, 5.41) is 3.33. The van der Waals surface area contributed by atoms with E-state index in [4.69, 9.17) is 0 Å². The standard InChI is InChI=1S/C13H17N5/c1-17-7-3-11(10-17)12-2-4-15-13(16-12)18-8-5-14-6-9-18/h2-4,7,10,14H,5-6,8-9H2,1H3. The van der Waals surface area contributed by atoms with Crippen molar-refractivity contribution < 1.29 is 0 Å². The van der Waals surface area contributed by atoms with Gasteiger partial charge in [0.2, 0.25) is 5.95 Å². The molecule has 18 heavy (non-hydrogen) atoms. The van der Waals surface area contributed by atoms with Crippen molar-refractivity contribution in [2.24, 2.45) is 7.05 Å². The molecule has 0 amide bonds. The number of nitrogens with zero attached hydrogens (tertiary/aromatic N) is 4. The van der Waals surface area contributed by atoms with Crippen LogP contribution in [0.2, 0.25) is 0 Å². The Hall–Kier alpha value is -1.88. The van der Waals surface area contributed by atoms with Crippen molar-refractivity contribution in [2.75, 3.05) is 31.1 Å². The number of hydrogen-bond acceptors (Lipinski definition) is 4. The third-order valence-corrected chi connectivity index (χ3v) is 3.17. The predicted molar refractivity (Wildman–Crippen MR) is 71.5 cm³/mol. The lowest BCUT2D eigenvalue weighted by Gasteiger charge is -2.27. The zero-order chi connectivity index (χ0) is 12.4. The van der Waals surface area contributed by atoms with Crippen LogP contribution in [0.5, 0.6) is 0 Å². The topological polar surface area (TPSA) is 46.0 Å². The molecule has 1 N–H and O–H groups in total. The molecule has 3 rings (SSSR count). The lowest BCUT2D eigenvalue weighted by atomic mass is 10.2. The molecule has 0 bridgehead atoms. The zero-order valence-electron chi connectivity index (χ0n) is 10.5. The van der Waals surface area contributed by atoms with Gasteiger partial charge in [0.05, 0.1) is 5.69 Å². The van der Waals surface area contributed by atoms with Gasteiger partial charge < -0.3 is 14.8 Å². The summed E-state index contributed by atoms with van der Waals surface area (Å²) in [5.74, 6) is 0.831. The molecule has 0 spiro atoms. The fraction of sp³-hybridized carbons (Fsp3) is 0.385. The Balaban J connectivity index is 1.88. The third-order valence-electron chi connectivity index (χ3n) is 3.17. The van der Waals surface area contributed by atoms with E-state index < -0.39 is 0 Å². The van der Waals surface area contributed by atoms with Gasteiger partial charge in [-0.05, 0) is 12.1 Å². The maximum atomic E-state index is 4.65. The van der Waals surface area contributed by atoms with Crippen molar-refractivity contribution in [3.63, 3.8) is 0 Å². The summed E-state index contributed by atoms with van der Waals surface area (Å²) < 4.78 is 2.03. The first-order chi connectivity index (χ1) is 8.83. The highest BCUT2D eigenvalue weighted by atomic mass is 15.3.